The Bertz CT molecular complexity index is 352. The Balaban J connectivity index is 3.01. The number of aryl methyl sites for hydroxylation is 1. The number of benzene rings is 1. The van der Waals surface area contributed by atoms with E-state index in [0.29, 0.717) is 13.0 Å². The smallest absolute Gasteiger partial charge is 0.122 e. The Morgan fingerprint density at radius 1 is 1.24 bits per heavy atom. The van der Waals surface area contributed by atoms with E-state index in [1.807, 2.05) is 13.0 Å². The highest BCUT2D eigenvalue weighted by Crippen LogP contribution is 2.28. The molecular weight excluding hydrogens is 215 g/mol. The Morgan fingerprint density at radius 2 is 1.94 bits per heavy atom. The molecule has 1 rings (SSSR count). The number of hydrogen-bond acceptors (Lipinski definition) is 1. The fourth-order valence-electron chi connectivity index (χ4n) is 1.79. The predicted molar refractivity (Wildman–Crippen MR) is 70.6 cm³/mol. The highest BCUT2D eigenvalue weighted by molar-refractivity contribution is 5.39. The summed E-state index contributed by atoms with van der Waals surface area (Å²) in [5.74, 6) is 0.897. The molecule has 0 spiro atoms. The molecule has 0 saturated heterocycles. The molecule has 0 saturated carbocycles. The van der Waals surface area contributed by atoms with Crippen molar-refractivity contribution in [3.8, 4) is 5.75 Å². The standard InChI is InChI=1S/C15H23FO/c1-5-17-14-9-8-13(15(2,3)4)11-12(14)7-6-10-16/h8-9,11H,5-7,10H2,1-4H3. The second-order valence-electron chi connectivity index (χ2n) is 5.30. The minimum absolute atomic E-state index is 0.120. The van der Waals surface area contributed by atoms with Gasteiger partial charge in [-0.3, -0.25) is 4.39 Å². The summed E-state index contributed by atoms with van der Waals surface area (Å²) in [6, 6.07) is 6.27. The molecule has 17 heavy (non-hydrogen) atoms. The van der Waals surface area contributed by atoms with Crippen LogP contribution < -0.4 is 4.74 Å². The maximum atomic E-state index is 12.3. The van der Waals surface area contributed by atoms with E-state index in [-0.39, 0.29) is 12.1 Å². The Kier molecular flexibility index (Phi) is 4.98. The van der Waals surface area contributed by atoms with Crippen molar-refractivity contribution in [2.24, 2.45) is 0 Å². The lowest BCUT2D eigenvalue weighted by atomic mass is 9.85. The normalized spacial score (nSPS) is 11.6. The molecule has 0 N–H and O–H groups in total. The van der Waals surface area contributed by atoms with E-state index < -0.39 is 0 Å². The summed E-state index contributed by atoms with van der Waals surface area (Å²) in [6.07, 6.45) is 1.31. The van der Waals surface area contributed by atoms with Crippen LogP contribution in [0.3, 0.4) is 0 Å². The number of rotatable bonds is 5. The fraction of sp³-hybridized carbons (Fsp3) is 0.600. The van der Waals surface area contributed by atoms with Crippen molar-refractivity contribution < 1.29 is 9.13 Å². The van der Waals surface area contributed by atoms with Crippen molar-refractivity contribution in [2.45, 2.75) is 46.0 Å². The fourth-order valence-corrected chi connectivity index (χ4v) is 1.79. The van der Waals surface area contributed by atoms with Gasteiger partial charge in [0.1, 0.15) is 5.75 Å². The van der Waals surface area contributed by atoms with Gasteiger partial charge in [0.25, 0.3) is 0 Å². The molecule has 0 aromatic heterocycles. The van der Waals surface area contributed by atoms with Crippen LogP contribution >= 0.6 is 0 Å². The topological polar surface area (TPSA) is 9.23 Å². The first-order valence-corrected chi connectivity index (χ1v) is 6.31. The molecule has 0 radical (unpaired) electrons. The van der Waals surface area contributed by atoms with E-state index in [2.05, 4.69) is 32.9 Å². The van der Waals surface area contributed by atoms with Gasteiger partial charge in [-0.25, -0.2) is 0 Å². The summed E-state index contributed by atoms with van der Waals surface area (Å²) in [5, 5.41) is 0. The average Bonchev–Trinajstić information content (AvgIpc) is 2.26. The van der Waals surface area contributed by atoms with E-state index in [9.17, 15) is 4.39 Å². The van der Waals surface area contributed by atoms with Gasteiger partial charge in [0.2, 0.25) is 0 Å². The molecule has 0 amide bonds. The van der Waals surface area contributed by atoms with Gasteiger partial charge >= 0.3 is 0 Å². The second kappa shape index (κ2) is 6.04. The first-order chi connectivity index (χ1) is 7.99. The van der Waals surface area contributed by atoms with Gasteiger partial charge < -0.3 is 4.74 Å². The molecule has 1 aromatic carbocycles. The molecule has 0 heterocycles. The molecular formula is C15H23FO. The minimum Gasteiger partial charge on any atom is -0.494 e. The van der Waals surface area contributed by atoms with Crippen molar-refractivity contribution >= 4 is 0 Å². The summed E-state index contributed by atoms with van der Waals surface area (Å²) < 4.78 is 17.9. The zero-order valence-electron chi connectivity index (χ0n) is 11.3. The molecule has 0 aliphatic rings. The second-order valence-corrected chi connectivity index (χ2v) is 5.30. The summed E-state index contributed by atoms with van der Waals surface area (Å²) >= 11 is 0. The average molecular weight is 238 g/mol. The van der Waals surface area contributed by atoms with Gasteiger partial charge in [-0.1, -0.05) is 32.9 Å². The van der Waals surface area contributed by atoms with Crippen LogP contribution in [-0.2, 0) is 11.8 Å². The molecule has 0 unspecified atom stereocenters. The predicted octanol–water partition coefficient (Wildman–Crippen LogP) is 4.28. The lowest BCUT2D eigenvalue weighted by Crippen LogP contribution is -2.12. The van der Waals surface area contributed by atoms with Crippen molar-refractivity contribution in [3.05, 3.63) is 29.3 Å². The van der Waals surface area contributed by atoms with Crippen LogP contribution in [-0.4, -0.2) is 13.3 Å². The van der Waals surface area contributed by atoms with Gasteiger partial charge in [0, 0.05) is 0 Å². The van der Waals surface area contributed by atoms with Crippen LogP contribution in [0.1, 0.15) is 45.2 Å². The number of halogens is 1. The van der Waals surface area contributed by atoms with Crippen LogP contribution in [0.4, 0.5) is 4.39 Å². The van der Waals surface area contributed by atoms with E-state index in [1.54, 1.807) is 0 Å². The van der Waals surface area contributed by atoms with Gasteiger partial charge in [0.05, 0.1) is 13.3 Å². The first-order valence-electron chi connectivity index (χ1n) is 6.31. The van der Waals surface area contributed by atoms with Gasteiger partial charge in [-0.05, 0) is 42.4 Å². The van der Waals surface area contributed by atoms with Crippen LogP contribution in [0.25, 0.3) is 0 Å². The first kappa shape index (κ1) is 14.0. The van der Waals surface area contributed by atoms with Crippen molar-refractivity contribution in [1.29, 1.82) is 0 Å². The van der Waals surface area contributed by atoms with Crippen LogP contribution in [0, 0.1) is 0 Å². The SMILES string of the molecule is CCOc1ccc(C(C)(C)C)cc1CCCF. The van der Waals surface area contributed by atoms with Crippen LogP contribution in [0.15, 0.2) is 18.2 Å². The molecule has 0 fully saturated rings. The van der Waals surface area contributed by atoms with Gasteiger partial charge in [-0.2, -0.15) is 0 Å². The van der Waals surface area contributed by atoms with E-state index in [1.165, 1.54) is 5.56 Å². The summed E-state index contributed by atoms with van der Waals surface area (Å²) in [6.45, 7) is 8.89. The Hall–Kier alpha value is -1.05. The van der Waals surface area contributed by atoms with Crippen molar-refractivity contribution in [3.63, 3.8) is 0 Å². The molecule has 96 valence electrons. The number of alkyl halides is 1. The zero-order chi connectivity index (χ0) is 12.9. The molecule has 0 bridgehead atoms. The maximum Gasteiger partial charge on any atom is 0.122 e. The van der Waals surface area contributed by atoms with Gasteiger partial charge in [0.15, 0.2) is 0 Å². The van der Waals surface area contributed by atoms with Crippen molar-refractivity contribution in [2.75, 3.05) is 13.3 Å². The summed E-state index contributed by atoms with van der Waals surface area (Å²) in [5.41, 5.74) is 2.52. The summed E-state index contributed by atoms with van der Waals surface area (Å²) in [4.78, 5) is 0. The molecule has 0 aliphatic heterocycles. The lowest BCUT2D eigenvalue weighted by molar-refractivity contribution is 0.335. The molecule has 1 nitrogen and oxygen atoms in total. The number of ether oxygens (including phenoxy) is 1. The van der Waals surface area contributed by atoms with Gasteiger partial charge in [-0.15, -0.1) is 0 Å². The molecule has 2 heteroatoms. The Labute approximate surface area is 104 Å². The number of hydrogen-bond donors (Lipinski definition) is 0. The third-order valence-electron chi connectivity index (χ3n) is 2.81. The third-order valence-corrected chi connectivity index (χ3v) is 2.81. The van der Waals surface area contributed by atoms with Crippen LogP contribution in [0.5, 0.6) is 5.75 Å². The van der Waals surface area contributed by atoms with E-state index in [0.717, 1.165) is 17.7 Å². The van der Waals surface area contributed by atoms with Crippen molar-refractivity contribution in [1.82, 2.24) is 0 Å². The monoisotopic (exact) mass is 238 g/mol. The molecule has 0 aliphatic carbocycles. The highest BCUT2D eigenvalue weighted by Gasteiger charge is 2.15. The quantitative estimate of drug-likeness (QED) is 0.743. The minimum atomic E-state index is -0.273. The largest absolute Gasteiger partial charge is 0.494 e. The van der Waals surface area contributed by atoms with Crippen LogP contribution in [0.2, 0.25) is 0 Å². The molecule has 1 aromatic rings. The lowest BCUT2D eigenvalue weighted by Gasteiger charge is -2.21. The molecule has 0 atom stereocenters. The Morgan fingerprint density at radius 3 is 2.47 bits per heavy atom. The highest BCUT2D eigenvalue weighted by atomic mass is 19.1. The van der Waals surface area contributed by atoms with E-state index in [4.69, 9.17) is 4.74 Å². The summed E-state index contributed by atoms with van der Waals surface area (Å²) in [7, 11) is 0. The van der Waals surface area contributed by atoms with E-state index >= 15 is 0 Å². The maximum absolute atomic E-state index is 12.3. The third kappa shape index (κ3) is 4.03. The zero-order valence-corrected chi connectivity index (χ0v) is 11.3.